The first kappa shape index (κ1) is 19.8. The highest BCUT2D eigenvalue weighted by atomic mass is 31.2. The van der Waals surface area contributed by atoms with Crippen LogP contribution in [0.1, 0.15) is 26.9 Å². The maximum atomic E-state index is 13.3. The molecule has 5 atom stereocenters. The molecule has 12 heteroatoms. The van der Waals surface area contributed by atoms with E-state index in [0.29, 0.717) is 0 Å². The summed E-state index contributed by atoms with van der Waals surface area (Å²) in [5.41, 5.74) is 4.59. The van der Waals surface area contributed by atoms with E-state index in [1.807, 2.05) is 0 Å². The standard InChI is InChI=1S/C17H17N4O7P/c18-29(26)27-7-10-14(23)12-13(22)8-3-1-2-4-9(8)15(24)19-11-5-6-21(16(12)28-10)17(25)20-11/h1-6,10,12,14,16,23,26H,7,18H2,(H,19,20,24,25)/t10-,12-,14-,16-,29?/m1/s1. The lowest BCUT2D eigenvalue weighted by Gasteiger charge is -2.21. The minimum atomic E-state index is -2.20. The van der Waals surface area contributed by atoms with Crippen LogP contribution in [0.2, 0.25) is 0 Å². The lowest BCUT2D eigenvalue weighted by atomic mass is 9.88. The van der Waals surface area contributed by atoms with Gasteiger partial charge in [-0.1, -0.05) is 18.2 Å². The summed E-state index contributed by atoms with van der Waals surface area (Å²) >= 11 is 0. The Balaban J connectivity index is 1.84. The molecule has 0 saturated carbocycles. The number of benzene rings is 1. The molecule has 0 spiro atoms. The van der Waals surface area contributed by atoms with E-state index in [4.69, 9.17) is 14.8 Å². The van der Waals surface area contributed by atoms with E-state index in [9.17, 15) is 24.4 Å². The Kier molecular flexibility index (Phi) is 5.26. The van der Waals surface area contributed by atoms with E-state index in [0.717, 1.165) is 4.57 Å². The molecule has 3 aliphatic heterocycles. The molecule has 3 aliphatic rings. The maximum Gasteiger partial charge on any atom is 0.351 e. The number of carbonyl (C=O) groups is 2. The van der Waals surface area contributed by atoms with Crippen molar-refractivity contribution in [1.82, 2.24) is 9.55 Å². The highest BCUT2D eigenvalue weighted by molar-refractivity contribution is 7.43. The van der Waals surface area contributed by atoms with Crippen LogP contribution in [0.3, 0.4) is 0 Å². The molecule has 1 fully saturated rings. The third-order valence-electron chi connectivity index (χ3n) is 4.83. The van der Waals surface area contributed by atoms with Crippen molar-refractivity contribution in [3.63, 3.8) is 0 Å². The minimum Gasteiger partial charge on any atom is -0.389 e. The number of ketones is 1. The number of carbonyl (C=O) groups excluding carboxylic acids is 2. The van der Waals surface area contributed by atoms with Crippen LogP contribution >= 0.6 is 8.53 Å². The molecule has 2 bridgehead atoms. The number of rotatable bonds is 3. The van der Waals surface area contributed by atoms with Crippen LogP contribution in [-0.4, -0.2) is 50.1 Å². The second-order valence-electron chi connectivity index (χ2n) is 6.55. The number of ether oxygens (including phenoxy) is 1. The zero-order valence-corrected chi connectivity index (χ0v) is 15.7. The Morgan fingerprint density at radius 3 is 2.66 bits per heavy atom. The third kappa shape index (κ3) is 3.60. The molecule has 152 valence electrons. The van der Waals surface area contributed by atoms with Crippen LogP contribution in [0.15, 0.2) is 41.3 Å². The van der Waals surface area contributed by atoms with Crippen molar-refractivity contribution in [1.29, 1.82) is 0 Å². The molecular weight excluding hydrogens is 403 g/mol. The van der Waals surface area contributed by atoms with Crippen molar-refractivity contribution >= 4 is 26.0 Å². The van der Waals surface area contributed by atoms with Gasteiger partial charge in [0.05, 0.1) is 24.2 Å². The summed E-state index contributed by atoms with van der Waals surface area (Å²) < 4.78 is 11.8. The molecule has 5 N–H and O–H groups in total. The summed E-state index contributed by atoms with van der Waals surface area (Å²) in [6.07, 6.45) is -2.29. The van der Waals surface area contributed by atoms with Crippen LogP contribution in [0.4, 0.5) is 5.82 Å². The van der Waals surface area contributed by atoms with Gasteiger partial charge in [0.15, 0.2) is 12.0 Å². The van der Waals surface area contributed by atoms with Crippen LogP contribution < -0.4 is 16.5 Å². The fourth-order valence-corrected chi connectivity index (χ4v) is 3.79. The number of anilines is 1. The zero-order chi connectivity index (χ0) is 20.7. The fraction of sp³-hybridized carbons (Fsp3) is 0.294. The number of Topliss-reactive ketones (excluding diaryl/α,β-unsaturated/α-hetero) is 1. The molecule has 1 aromatic carbocycles. The Bertz CT molecular complexity index is 1030. The van der Waals surface area contributed by atoms with Gasteiger partial charge in [0.25, 0.3) is 5.91 Å². The number of nitrogens with two attached hydrogens (primary N) is 1. The van der Waals surface area contributed by atoms with Gasteiger partial charge in [-0.2, -0.15) is 4.98 Å². The van der Waals surface area contributed by atoms with Gasteiger partial charge in [-0.15, -0.1) is 0 Å². The summed E-state index contributed by atoms with van der Waals surface area (Å²) in [5, 5.41) is 13.3. The van der Waals surface area contributed by atoms with Crippen molar-refractivity contribution in [3.05, 3.63) is 58.1 Å². The predicted molar refractivity (Wildman–Crippen MR) is 99.9 cm³/mol. The first-order valence-corrected chi connectivity index (χ1v) is 9.89. The molecule has 11 nitrogen and oxygen atoms in total. The third-order valence-corrected chi connectivity index (χ3v) is 5.24. The molecule has 2 aromatic rings. The summed E-state index contributed by atoms with van der Waals surface area (Å²) in [5.74, 6) is -2.39. The second-order valence-corrected chi connectivity index (χ2v) is 7.41. The summed E-state index contributed by atoms with van der Waals surface area (Å²) in [4.78, 5) is 51.5. The number of amides is 1. The van der Waals surface area contributed by atoms with Gasteiger partial charge in [0.2, 0.25) is 8.53 Å². The van der Waals surface area contributed by atoms with Gasteiger partial charge in [-0.3, -0.25) is 19.7 Å². The molecule has 0 aliphatic carbocycles. The van der Waals surface area contributed by atoms with Crippen molar-refractivity contribution in [2.45, 2.75) is 18.4 Å². The maximum absolute atomic E-state index is 13.3. The molecule has 4 heterocycles. The van der Waals surface area contributed by atoms with E-state index >= 15 is 0 Å². The second kappa shape index (κ2) is 7.71. The number of aliphatic hydroxyl groups excluding tert-OH is 1. The average molecular weight is 420 g/mol. The highest BCUT2D eigenvalue weighted by Crippen LogP contribution is 2.38. The number of hydrogen-bond acceptors (Lipinski definition) is 9. The average Bonchev–Trinajstić information content (AvgIpc) is 3.00. The molecule has 0 radical (unpaired) electrons. The Labute approximate surface area is 165 Å². The molecule has 1 amide bonds. The highest BCUT2D eigenvalue weighted by Gasteiger charge is 2.50. The summed E-state index contributed by atoms with van der Waals surface area (Å²) in [6, 6.07) is 7.50. The van der Waals surface area contributed by atoms with Crippen LogP contribution in [0.5, 0.6) is 0 Å². The van der Waals surface area contributed by atoms with Crippen LogP contribution in [0.25, 0.3) is 0 Å². The van der Waals surface area contributed by atoms with E-state index in [2.05, 4.69) is 10.3 Å². The van der Waals surface area contributed by atoms with Gasteiger partial charge >= 0.3 is 5.69 Å². The van der Waals surface area contributed by atoms with Crippen molar-refractivity contribution in [2.75, 3.05) is 11.9 Å². The van der Waals surface area contributed by atoms with E-state index in [-0.39, 0.29) is 23.6 Å². The molecule has 5 rings (SSSR count). The molecule has 1 unspecified atom stereocenters. The van der Waals surface area contributed by atoms with Gasteiger partial charge in [-0.05, 0) is 12.1 Å². The SMILES string of the molecule is NP(O)OC[C@H]1O[C@@H]2[C@H](C(=O)c3ccccc3C(=O)Nc3ccn2c(=O)n3)[C@@H]1O. The van der Waals surface area contributed by atoms with Crippen molar-refractivity contribution in [2.24, 2.45) is 11.4 Å². The van der Waals surface area contributed by atoms with Gasteiger partial charge < -0.3 is 24.6 Å². The number of aromatic nitrogens is 2. The Morgan fingerprint density at radius 2 is 1.97 bits per heavy atom. The number of aliphatic hydroxyl groups is 1. The molecule has 29 heavy (non-hydrogen) atoms. The zero-order valence-electron chi connectivity index (χ0n) is 14.8. The van der Waals surface area contributed by atoms with E-state index in [1.165, 1.54) is 24.4 Å². The first-order valence-electron chi connectivity index (χ1n) is 8.60. The normalized spacial score (nSPS) is 27.0. The lowest BCUT2D eigenvalue weighted by molar-refractivity contribution is -0.0423. The smallest absolute Gasteiger partial charge is 0.351 e. The number of nitrogens with zero attached hydrogens (tertiary/aromatic N) is 2. The van der Waals surface area contributed by atoms with E-state index < -0.39 is 50.3 Å². The van der Waals surface area contributed by atoms with E-state index in [1.54, 1.807) is 12.1 Å². The molecule has 1 saturated heterocycles. The van der Waals surface area contributed by atoms with Crippen LogP contribution in [-0.2, 0) is 9.26 Å². The Hall–Kier alpha value is -2.53. The summed E-state index contributed by atoms with van der Waals surface area (Å²) in [7, 11) is -2.20. The van der Waals surface area contributed by atoms with Gasteiger partial charge in [0.1, 0.15) is 11.9 Å². The van der Waals surface area contributed by atoms with Crippen LogP contribution in [0, 0.1) is 5.92 Å². The first-order chi connectivity index (χ1) is 13.9. The monoisotopic (exact) mass is 420 g/mol. The Morgan fingerprint density at radius 1 is 1.24 bits per heavy atom. The van der Waals surface area contributed by atoms with Crippen molar-refractivity contribution in [3.8, 4) is 0 Å². The molecule has 1 aromatic heterocycles. The number of hydrogen-bond donors (Lipinski definition) is 4. The number of nitrogens with one attached hydrogen (secondary N) is 1. The predicted octanol–water partition coefficient (Wildman–Crippen LogP) is -0.239. The molecular formula is C17H17N4O7P. The minimum absolute atomic E-state index is 0.0180. The van der Waals surface area contributed by atoms with Gasteiger partial charge in [0, 0.05) is 11.8 Å². The fourth-order valence-electron chi connectivity index (χ4n) is 3.49. The largest absolute Gasteiger partial charge is 0.389 e. The lowest BCUT2D eigenvalue weighted by Crippen LogP contribution is -2.37. The summed E-state index contributed by atoms with van der Waals surface area (Å²) in [6.45, 7) is -0.289. The topological polar surface area (TPSA) is 166 Å². The number of fused-ring (bicyclic) bond motifs is 3. The van der Waals surface area contributed by atoms with Gasteiger partial charge in [-0.25, -0.2) is 4.79 Å². The quantitative estimate of drug-likeness (QED) is 0.490. The van der Waals surface area contributed by atoms with Crippen molar-refractivity contribution < 1.29 is 28.8 Å².